The molecule has 4 nitrogen and oxygen atoms in total. The largest absolute Gasteiger partial charge is 0.350 e. The maximum Gasteiger partial charge on any atom is 0.253 e. The molecule has 23 heavy (non-hydrogen) atoms. The Kier molecular flexibility index (Phi) is 6.15. The Balaban J connectivity index is 0.00000192. The van der Waals surface area contributed by atoms with Crippen molar-refractivity contribution in [3.05, 3.63) is 23.0 Å². The second-order valence-corrected chi connectivity index (χ2v) is 7.16. The summed E-state index contributed by atoms with van der Waals surface area (Å²) in [6, 6.07) is 2.73. The Bertz CT molecular complexity index is 545. The van der Waals surface area contributed by atoms with Crippen molar-refractivity contribution in [1.29, 1.82) is 0 Å². The molecular weight excluding hydrogens is 310 g/mol. The lowest BCUT2D eigenvalue weighted by Crippen LogP contribution is -2.38. The van der Waals surface area contributed by atoms with Gasteiger partial charge in [0.15, 0.2) is 0 Å². The van der Waals surface area contributed by atoms with Crippen molar-refractivity contribution in [3.63, 3.8) is 0 Å². The standard InChI is InChI=1S/C18H29N3O.ClH/c1-12-10-16(18(22)20-11-17(19)14-8-9-14)13(2)21(12)15-6-4-3-5-7-15;/h10,14-15,17H,3-9,11,19H2,1-2H3,(H,20,22);1H. The second-order valence-electron chi connectivity index (χ2n) is 7.16. The van der Waals surface area contributed by atoms with Crippen molar-refractivity contribution in [2.75, 3.05) is 6.54 Å². The number of nitrogens with two attached hydrogens (primary N) is 1. The van der Waals surface area contributed by atoms with E-state index in [1.54, 1.807) is 0 Å². The van der Waals surface area contributed by atoms with Gasteiger partial charge in [-0.2, -0.15) is 0 Å². The number of halogens is 1. The molecule has 1 aromatic rings. The molecule has 1 heterocycles. The zero-order valence-electron chi connectivity index (χ0n) is 14.3. The normalized spacial score (nSPS) is 20.0. The maximum absolute atomic E-state index is 12.5. The predicted molar refractivity (Wildman–Crippen MR) is 96.3 cm³/mol. The van der Waals surface area contributed by atoms with Gasteiger partial charge in [-0.15, -0.1) is 12.4 Å². The summed E-state index contributed by atoms with van der Waals surface area (Å²) in [6.07, 6.45) is 8.87. The van der Waals surface area contributed by atoms with Gasteiger partial charge in [-0.3, -0.25) is 4.79 Å². The van der Waals surface area contributed by atoms with E-state index in [2.05, 4.69) is 23.7 Å². The van der Waals surface area contributed by atoms with Gasteiger partial charge in [-0.25, -0.2) is 0 Å². The molecule has 1 aromatic heterocycles. The highest BCUT2D eigenvalue weighted by molar-refractivity contribution is 5.95. The Morgan fingerprint density at radius 3 is 2.52 bits per heavy atom. The highest BCUT2D eigenvalue weighted by Crippen LogP contribution is 2.32. The zero-order chi connectivity index (χ0) is 15.7. The molecule has 1 amide bonds. The number of aryl methyl sites for hydroxylation is 1. The maximum atomic E-state index is 12.5. The van der Waals surface area contributed by atoms with E-state index in [4.69, 9.17) is 5.73 Å². The molecule has 1 unspecified atom stereocenters. The molecule has 0 radical (unpaired) electrons. The van der Waals surface area contributed by atoms with Crippen molar-refractivity contribution >= 4 is 18.3 Å². The average molecular weight is 340 g/mol. The Hall–Kier alpha value is -1.000. The quantitative estimate of drug-likeness (QED) is 0.862. The number of carbonyl (C=O) groups is 1. The molecule has 3 N–H and O–H groups in total. The second kappa shape index (κ2) is 7.71. The van der Waals surface area contributed by atoms with E-state index in [-0.39, 0.29) is 24.4 Å². The van der Waals surface area contributed by atoms with Gasteiger partial charge in [0.2, 0.25) is 0 Å². The van der Waals surface area contributed by atoms with Crippen LogP contribution < -0.4 is 11.1 Å². The van der Waals surface area contributed by atoms with Crippen LogP contribution in [0.4, 0.5) is 0 Å². The first kappa shape index (κ1) is 18.3. The van der Waals surface area contributed by atoms with Crippen LogP contribution in [-0.4, -0.2) is 23.1 Å². The average Bonchev–Trinajstić information content (AvgIpc) is 3.32. The minimum absolute atomic E-state index is 0. The molecule has 0 spiro atoms. The van der Waals surface area contributed by atoms with E-state index in [0.717, 1.165) is 11.3 Å². The summed E-state index contributed by atoms with van der Waals surface area (Å²) in [5, 5.41) is 3.03. The van der Waals surface area contributed by atoms with Gasteiger partial charge >= 0.3 is 0 Å². The lowest BCUT2D eigenvalue weighted by atomic mass is 9.95. The summed E-state index contributed by atoms with van der Waals surface area (Å²) in [7, 11) is 0. The number of nitrogens with zero attached hydrogens (tertiary/aromatic N) is 1. The van der Waals surface area contributed by atoms with E-state index in [1.165, 1.54) is 50.6 Å². The number of rotatable bonds is 5. The van der Waals surface area contributed by atoms with E-state index in [1.807, 2.05) is 6.07 Å². The highest BCUT2D eigenvalue weighted by atomic mass is 35.5. The summed E-state index contributed by atoms with van der Waals surface area (Å²) in [4.78, 5) is 12.5. The molecule has 130 valence electrons. The topological polar surface area (TPSA) is 60.1 Å². The van der Waals surface area contributed by atoms with Gasteiger partial charge in [0, 0.05) is 30.0 Å². The molecule has 2 aliphatic rings. The van der Waals surface area contributed by atoms with Gasteiger partial charge in [-0.05, 0) is 51.5 Å². The SMILES string of the molecule is Cc1cc(C(=O)NCC(N)C2CC2)c(C)n1C1CCCCC1.Cl. The van der Waals surface area contributed by atoms with Gasteiger partial charge < -0.3 is 15.6 Å². The molecule has 0 saturated heterocycles. The highest BCUT2D eigenvalue weighted by Gasteiger charge is 2.29. The number of amides is 1. The monoisotopic (exact) mass is 339 g/mol. The molecule has 0 bridgehead atoms. The first-order chi connectivity index (χ1) is 10.6. The molecule has 1 atom stereocenters. The zero-order valence-corrected chi connectivity index (χ0v) is 15.1. The van der Waals surface area contributed by atoms with E-state index >= 15 is 0 Å². The fourth-order valence-corrected chi connectivity index (χ4v) is 3.90. The first-order valence-corrected chi connectivity index (χ1v) is 8.80. The van der Waals surface area contributed by atoms with Gasteiger partial charge in [0.25, 0.3) is 5.91 Å². The van der Waals surface area contributed by atoms with Crippen LogP contribution in [0.25, 0.3) is 0 Å². The summed E-state index contributed by atoms with van der Waals surface area (Å²) < 4.78 is 2.38. The van der Waals surface area contributed by atoms with Crippen LogP contribution in [0.2, 0.25) is 0 Å². The van der Waals surface area contributed by atoms with Crippen LogP contribution in [0, 0.1) is 19.8 Å². The molecule has 2 aliphatic carbocycles. The van der Waals surface area contributed by atoms with Crippen LogP contribution in [0.1, 0.15) is 72.7 Å². The number of carbonyl (C=O) groups excluding carboxylic acids is 1. The van der Waals surface area contributed by atoms with Crippen LogP contribution in [-0.2, 0) is 0 Å². The van der Waals surface area contributed by atoms with Crippen LogP contribution >= 0.6 is 12.4 Å². The van der Waals surface area contributed by atoms with Crippen molar-refractivity contribution < 1.29 is 4.79 Å². The van der Waals surface area contributed by atoms with Crippen LogP contribution in [0.5, 0.6) is 0 Å². The molecule has 0 aliphatic heterocycles. The number of hydrogen-bond acceptors (Lipinski definition) is 2. The molecule has 0 aromatic carbocycles. The van der Waals surface area contributed by atoms with Crippen molar-refractivity contribution in [2.45, 2.75) is 70.9 Å². The minimum Gasteiger partial charge on any atom is -0.350 e. The minimum atomic E-state index is 0. The fourth-order valence-electron chi connectivity index (χ4n) is 3.90. The van der Waals surface area contributed by atoms with Crippen molar-refractivity contribution in [3.8, 4) is 0 Å². The Morgan fingerprint density at radius 1 is 1.26 bits per heavy atom. The lowest BCUT2D eigenvalue weighted by Gasteiger charge is -2.26. The van der Waals surface area contributed by atoms with E-state index < -0.39 is 0 Å². The van der Waals surface area contributed by atoms with Gasteiger partial charge in [0.05, 0.1) is 5.56 Å². The molecule has 2 saturated carbocycles. The Labute approximate surface area is 145 Å². The fraction of sp³-hybridized carbons (Fsp3) is 0.722. The Morgan fingerprint density at radius 2 is 1.91 bits per heavy atom. The summed E-state index contributed by atoms with van der Waals surface area (Å²) in [6.45, 7) is 4.79. The van der Waals surface area contributed by atoms with Gasteiger partial charge in [-0.1, -0.05) is 19.3 Å². The third-order valence-electron chi connectivity index (χ3n) is 5.39. The third kappa shape index (κ3) is 4.10. The van der Waals surface area contributed by atoms with Crippen molar-refractivity contribution in [2.24, 2.45) is 11.7 Å². The lowest BCUT2D eigenvalue weighted by molar-refractivity contribution is 0.0949. The van der Waals surface area contributed by atoms with Crippen LogP contribution in [0.3, 0.4) is 0 Å². The summed E-state index contributed by atoms with van der Waals surface area (Å²) in [5.41, 5.74) is 9.22. The molecule has 2 fully saturated rings. The summed E-state index contributed by atoms with van der Waals surface area (Å²) >= 11 is 0. The summed E-state index contributed by atoms with van der Waals surface area (Å²) in [5.74, 6) is 0.654. The predicted octanol–water partition coefficient (Wildman–Crippen LogP) is 3.50. The smallest absolute Gasteiger partial charge is 0.253 e. The van der Waals surface area contributed by atoms with E-state index in [9.17, 15) is 4.79 Å². The van der Waals surface area contributed by atoms with Crippen molar-refractivity contribution in [1.82, 2.24) is 9.88 Å². The van der Waals surface area contributed by atoms with Gasteiger partial charge in [0.1, 0.15) is 0 Å². The molecule has 3 rings (SSSR count). The molecular formula is C18H30ClN3O. The first-order valence-electron chi connectivity index (χ1n) is 8.80. The van der Waals surface area contributed by atoms with Crippen LogP contribution in [0.15, 0.2) is 6.07 Å². The number of nitrogens with one attached hydrogen (secondary N) is 1. The number of hydrogen-bond donors (Lipinski definition) is 2. The molecule has 5 heteroatoms. The number of aromatic nitrogens is 1. The van der Waals surface area contributed by atoms with E-state index in [0.29, 0.717) is 18.5 Å². The third-order valence-corrected chi connectivity index (χ3v) is 5.39.